The van der Waals surface area contributed by atoms with Crippen LogP contribution in [0.4, 0.5) is 0 Å². The number of sulfonamides is 1. The number of nitrogens with zero attached hydrogens (tertiary/aromatic N) is 3. The van der Waals surface area contributed by atoms with Crippen LogP contribution in [0.15, 0.2) is 76.7 Å². The van der Waals surface area contributed by atoms with Gasteiger partial charge in [-0.3, -0.25) is 0 Å². The molecule has 26 heavy (non-hydrogen) atoms. The Morgan fingerprint density at radius 3 is 2.46 bits per heavy atom. The van der Waals surface area contributed by atoms with Crippen molar-refractivity contribution >= 4 is 21.6 Å². The Bertz CT molecular complexity index is 986. The van der Waals surface area contributed by atoms with Crippen LogP contribution in [-0.4, -0.2) is 29.4 Å². The Morgan fingerprint density at radius 1 is 1.12 bits per heavy atom. The second-order valence-corrected chi connectivity index (χ2v) is 7.79. The van der Waals surface area contributed by atoms with E-state index in [0.29, 0.717) is 10.8 Å². The molecule has 6 nitrogen and oxygen atoms in total. The maximum Gasteiger partial charge on any atom is 0.243 e. The van der Waals surface area contributed by atoms with Gasteiger partial charge in [-0.05, 0) is 36.4 Å². The first-order chi connectivity index (χ1) is 12.5. The van der Waals surface area contributed by atoms with Gasteiger partial charge in [0.15, 0.2) is 0 Å². The van der Waals surface area contributed by atoms with Crippen LogP contribution >= 0.6 is 11.6 Å². The molecule has 0 aliphatic carbocycles. The summed E-state index contributed by atoms with van der Waals surface area (Å²) in [5, 5.41) is 4.51. The molecule has 1 aromatic heterocycles. The van der Waals surface area contributed by atoms with Gasteiger partial charge in [0.25, 0.3) is 0 Å². The first-order valence-corrected chi connectivity index (χ1v) is 9.57. The minimum atomic E-state index is -3.71. The lowest BCUT2D eigenvalue weighted by atomic mass is 10.2. The van der Waals surface area contributed by atoms with Crippen LogP contribution in [0.25, 0.3) is 11.4 Å². The van der Waals surface area contributed by atoms with Gasteiger partial charge in [-0.15, -0.1) is 6.58 Å². The van der Waals surface area contributed by atoms with Gasteiger partial charge in [-0.2, -0.15) is 9.29 Å². The van der Waals surface area contributed by atoms with Crippen LogP contribution in [0.1, 0.15) is 5.89 Å². The molecule has 2 aromatic carbocycles. The highest BCUT2D eigenvalue weighted by Gasteiger charge is 2.25. The summed E-state index contributed by atoms with van der Waals surface area (Å²) in [6.07, 6.45) is 1.51. The third-order valence-electron chi connectivity index (χ3n) is 3.60. The van der Waals surface area contributed by atoms with E-state index in [0.717, 1.165) is 5.56 Å². The lowest BCUT2D eigenvalue weighted by Crippen LogP contribution is -2.31. The maximum absolute atomic E-state index is 12.8. The van der Waals surface area contributed by atoms with Crippen molar-refractivity contribution in [3.8, 4) is 11.4 Å². The van der Waals surface area contributed by atoms with E-state index >= 15 is 0 Å². The normalized spacial score (nSPS) is 11.6. The smallest absolute Gasteiger partial charge is 0.243 e. The second kappa shape index (κ2) is 7.82. The van der Waals surface area contributed by atoms with Crippen molar-refractivity contribution in [3.05, 3.63) is 78.2 Å². The van der Waals surface area contributed by atoms with Gasteiger partial charge in [0, 0.05) is 17.1 Å². The van der Waals surface area contributed by atoms with Crippen molar-refractivity contribution in [2.45, 2.75) is 11.4 Å². The van der Waals surface area contributed by atoms with Crippen molar-refractivity contribution in [3.63, 3.8) is 0 Å². The van der Waals surface area contributed by atoms with Crippen molar-refractivity contribution in [2.75, 3.05) is 6.54 Å². The van der Waals surface area contributed by atoms with Crippen LogP contribution in [-0.2, 0) is 16.6 Å². The second-order valence-electron chi connectivity index (χ2n) is 5.42. The van der Waals surface area contributed by atoms with Gasteiger partial charge < -0.3 is 4.52 Å². The van der Waals surface area contributed by atoms with E-state index in [2.05, 4.69) is 16.7 Å². The zero-order valence-corrected chi connectivity index (χ0v) is 15.3. The summed E-state index contributed by atoms with van der Waals surface area (Å²) in [5.41, 5.74) is 0.727. The van der Waals surface area contributed by atoms with Gasteiger partial charge in [0.2, 0.25) is 21.7 Å². The summed E-state index contributed by atoms with van der Waals surface area (Å²) < 4.78 is 32.1. The number of hydrogen-bond donors (Lipinski definition) is 0. The predicted molar refractivity (Wildman–Crippen MR) is 99.0 cm³/mol. The average Bonchev–Trinajstić information content (AvgIpc) is 3.11. The summed E-state index contributed by atoms with van der Waals surface area (Å²) in [7, 11) is -3.71. The number of rotatable bonds is 7. The molecule has 0 radical (unpaired) electrons. The molecule has 0 atom stereocenters. The first kappa shape index (κ1) is 18.3. The summed E-state index contributed by atoms with van der Waals surface area (Å²) in [5.74, 6) is 0.559. The number of halogens is 1. The molecule has 0 saturated carbocycles. The Kier molecular flexibility index (Phi) is 5.51. The van der Waals surface area contributed by atoms with Gasteiger partial charge >= 0.3 is 0 Å². The Hall–Kier alpha value is -2.48. The molecule has 0 bridgehead atoms. The third-order valence-corrected chi connectivity index (χ3v) is 5.67. The molecule has 0 N–H and O–H groups in total. The molecule has 0 spiro atoms. The zero-order chi connectivity index (χ0) is 18.6. The summed E-state index contributed by atoms with van der Waals surface area (Å²) in [6, 6.07) is 15.1. The molecule has 0 amide bonds. The van der Waals surface area contributed by atoms with E-state index in [-0.39, 0.29) is 23.9 Å². The molecule has 0 aliphatic heterocycles. The Morgan fingerprint density at radius 2 is 1.81 bits per heavy atom. The highest BCUT2D eigenvalue weighted by molar-refractivity contribution is 7.89. The molecule has 8 heteroatoms. The first-order valence-electron chi connectivity index (χ1n) is 7.75. The maximum atomic E-state index is 12.8. The van der Waals surface area contributed by atoms with E-state index in [1.54, 1.807) is 54.6 Å². The van der Waals surface area contributed by atoms with Crippen LogP contribution < -0.4 is 0 Å². The molecule has 1 heterocycles. The lowest BCUT2D eigenvalue weighted by Gasteiger charge is -2.18. The Balaban J connectivity index is 1.85. The summed E-state index contributed by atoms with van der Waals surface area (Å²) in [4.78, 5) is 4.47. The van der Waals surface area contributed by atoms with Gasteiger partial charge in [-0.25, -0.2) is 8.42 Å². The van der Waals surface area contributed by atoms with Crippen LogP contribution in [0.2, 0.25) is 5.02 Å². The van der Waals surface area contributed by atoms with Gasteiger partial charge in [0.05, 0.1) is 11.4 Å². The van der Waals surface area contributed by atoms with Crippen LogP contribution in [0, 0.1) is 0 Å². The van der Waals surface area contributed by atoms with Crippen molar-refractivity contribution in [1.82, 2.24) is 14.4 Å². The summed E-state index contributed by atoms with van der Waals surface area (Å²) in [6.45, 7) is 3.69. The number of aromatic nitrogens is 2. The van der Waals surface area contributed by atoms with Crippen molar-refractivity contribution in [2.24, 2.45) is 0 Å². The quantitative estimate of drug-likeness (QED) is 0.575. The zero-order valence-electron chi connectivity index (χ0n) is 13.7. The lowest BCUT2D eigenvalue weighted by molar-refractivity contribution is 0.327. The summed E-state index contributed by atoms with van der Waals surface area (Å²) >= 11 is 5.87. The SMILES string of the molecule is C=CCN(Cc1nc(-c2ccc(Cl)cc2)no1)S(=O)(=O)c1ccccc1. The fraction of sp³-hybridized carbons (Fsp3) is 0.111. The van der Waals surface area contributed by atoms with Gasteiger partial charge in [-0.1, -0.05) is 41.0 Å². The van der Waals surface area contributed by atoms with E-state index in [4.69, 9.17) is 16.1 Å². The molecule has 134 valence electrons. The van der Waals surface area contributed by atoms with E-state index < -0.39 is 10.0 Å². The van der Waals surface area contributed by atoms with E-state index in [1.807, 2.05) is 0 Å². The highest BCUT2D eigenvalue weighted by atomic mass is 35.5. The van der Waals surface area contributed by atoms with Crippen molar-refractivity contribution < 1.29 is 12.9 Å². The molecule has 0 saturated heterocycles. The minimum Gasteiger partial charge on any atom is -0.338 e. The topological polar surface area (TPSA) is 76.3 Å². The molecular weight excluding hydrogens is 374 g/mol. The van der Waals surface area contributed by atoms with E-state index in [1.165, 1.54) is 10.4 Å². The standard InChI is InChI=1S/C18H16ClN3O3S/c1-2-12-22(26(23,24)16-6-4-3-5-7-16)13-17-20-18(21-25-17)14-8-10-15(19)11-9-14/h2-11H,1,12-13H2. The predicted octanol–water partition coefficient (Wildman–Crippen LogP) is 3.77. The molecule has 0 fully saturated rings. The number of benzene rings is 2. The molecule has 3 rings (SSSR count). The molecule has 3 aromatic rings. The highest BCUT2D eigenvalue weighted by Crippen LogP contribution is 2.21. The fourth-order valence-electron chi connectivity index (χ4n) is 2.32. The minimum absolute atomic E-state index is 0.0517. The third kappa shape index (κ3) is 4.01. The van der Waals surface area contributed by atoms with Gasteiger partial charge in [0.1, 0.15) is 0 Å². The molecular formula is C18H16ClN3O3S. The Labute approximate surface area is 156 Å². The average molecular weight is 390 g/mol. The van der Waals surface area contributed by atoms with E-state index in [9.17, 15) is 8.42 Å². The monoisotopic (exact) mass is 389 g/mol. The largest absolute Gasteiger partial charge is 0.338 e. The molecule has 0 aliphatic rings. The fourth-order valence-corrected chi connectivity index (χ4v) is 3.83. The van der Waals surface area contributed by atoms with Crippen LogP contribution in [0.3, 0.4) is 0 Å². The van der Waals surface area contributed by atoms with Crippen molar-refractivity contribution in [1.29, 1.82) is 0 Å². The number of hydrogen-bond acceptors (Lipinski definition) is 5. The van der Waals surface area contributed by atoms with Crippen LogP contribution in [0.5, 0.6) is 0 Å². The molecule has 0 unspecified atom stereocenters.